The number of nitrogens with one attached hydrogen (secondary N) is 1. The van der Waals surface area contributed by atoms with Crippen molar-refractivity contribution in [3.63, 3.8) is 0 Å². The van der Waals surface area contributed by atoms with E-state index in [1.807, 2.05) is 0 Å². The summed E-state index contributed by atoms with van der Waals surface area (Å²) >= 11 is 0. The Morgan fingerprint density at radius 3 is 2.90 bits per heavy atom. The van der Waals surface area contributed by atoms with Crippen LogP contribution in [-0.2, 0) is 4.79 Å². The summed E-state index contributed by atoms with van der Waals surface area (Å²) in [4.78, 5) is 14.2. The lowest BCUT2D eigenvalue weighted by Gasteiger charge is -2.16. The smallest absolute Gasteiger partial charge is 0.225 e. The van der Waals surface area contributed by atoms with Crippen LogP contribution in [0.3, 0.4) is 0 Å². The van der Waals surface area contributed by atoms with Gasteiger partial charge in [-0.25, -0.2) is 0 Å². The Kier molecular flexibility index (Phi) is 4.84. The van der Waals surface area contributed by atoms with Crippen molar-refractivity contribution in [1.29, 1.82) is 0 Å². The highest BCUT2D eigenvalue weighted by atomic mass is 16.5. The zero-order valence-corrected chi connectivity index (χ0v) is 12.2. The monoisotopic (exact) mass is 277 g/mol. The Labute approximate surface area is 120 Å². The number of nitrogens with two attached hydrogens (primary N) is 1. The van der Waals surface area contributed by atoms with E-state index >= 15 is 0 Å². The van der Waals surface area contributed by atoms with Gasteiger partial charge in [-0.2, -0.15) is 0 Å². The molecule has 0 saturated heterocycles. The van der Waals surface area contributed by atoms with Crippen molar-refractivity contribution in [2.75, 3.05) is 38.3 Å². The zero-order chi connectivity index (χ0) is 14.5. The number of carbonyl (C=O) groups is 1. The Bertz CT molecular complexity index is 472. The van der Waals surface area contributed by atoms with Crippen LogP contribution in [0.5, 0.6) is 5.75 Å². The zero-order valence-electron chi connectivity index (χ0n) is 12.2. The molecule has 5 nitrogen and oxygen atoms in total. The van der Waals surface area contributed by atoms with Crippen molar-refractivity contribution < 1.29 is 9.53 Å². The predicted molar refractivity (Wildman–Crippen MR) is 80.9 cm³/mol. The van der Waals surface area contributed by atoms with Crippen LogP contribution in [0.4, 0.5) is 11.4 Å². The molecule has 1 saturated carbocycles. The van der Waals surface area contributed by atoms with E-state index < -0.39 is 0 Å². The van der Waals surface area contributed by atoms with Gasteiger partial charge in [0.05, 0.1) is 12.8 Å². The molecule has 1 aliphatic rings. The molecule has 0 spiro atoms. The fraction of sp³-hybridized carbons (Fsp3) is 0.533. The summed E-state index contributed by atoms with van der Waals surface area (Å²) in [6.07, 6.45) is 3.15. The highest BCUT2D eigenvalue weighted by Crippen LogP contribution is 2.29. The molecule has 3 N–H and O–H groups in total. The first-order valence-electron chi connectivity index (χ1n) is 7.00. The lowest BCUT2D eigenvalue weighted by atomic mass is 10.2. The number of ether oxygens (including phenoxy) is 1. The standard InChI is InChI=1S/C15H23N3O2/c1-18(10-11-3-4-11)8-7-15(19)17-13-6-5-12(16)9-14(13)20-2/h5-6,9,11H,3-4,7-8,10,16H2,1-2H3,(H,17,19). The Hall–Kier alpha value is -1.75. The van der Waals surface area contributed by atoms with E-state index in [0.29, 0.717) is 23.5 Å². The molecule has 0 unspecified atom stereocenters. The molecule has 20 heavy (non-hydrogen) atoms. The second-order valence-electron chi connectivity index (χ2n) is 5.46. The summed E-state index contributed by atoms with van der Waals surface area (Å²) in [5.74, 6) is 1.43. The Balaban J connectivity index is 1.81. The number of benzene rings is 1. The maximum Gasteiger partial charge on any atom is 0.225 e. The average Bonchev–Trinajstić information content (AvgIpc) is 3.22. The third-order valence-corrected chi connectivity index (χ3v) is 3.49. The normalized spacial score (nSPS) is 14.3. The lowest BCUT2D eigenvalue weighted by Crippen LogP contribution is -2.26. The number of nitrogens with zero attached hydrogens (tertiary/aromatic N) is 1. The van der Waals surface area contributed by atoms with Crippen molar-refractivity contribution in [3.8, 4) is 5.75 Å². The third-order valence-electron chi connectivity index (χ3n) is 3.49. The average molecular weight is 277 g/mol. The molecule has 1 fully saturated rings. The SMILES string of the molecule is COc1cc(N)ccc1NC(=O)CCN(C)CC1CC1. The molecule has 0 heterocycles. The first-order valence-corrected chi connectivity index (χ1v) is 7.00. The summed E-state index contributed by atoms with van der Waals surface area (Å²) in [5.41, 5.74) is 6.96. The lowest BCUT2D eigenvalue weighted by molar-refractivity contribution is -0.116. The van der Waals surface area contributed by atoms with E-state index in [2.05, 4.69) is 17.3 Å². The first-order chi connectivity index (χ1) is 9.58. The van der Waals surface area contributed by atoms with Crippen LogP contribution in [0.25, 0.3) is 0 Å². The number of carbonyl (C=O) groups excluding carboxylic acids is 1. The molecule has 0 atom stereocenters. The fourth-order valence-corrected chi connectivity index (χ4v) is 2.15. The number of hydrogen-bond acceptors (Lipinski definition) is 4. The van der Waals surface area contributed by atoms with Crippen molar-refractivity contribution in [2.24, 2.45) is 5.92 Å². The number of amides is 1. The number of nitrogen functional groups attached to an aromatic ring is 1. The summed E-state index contributed by atoms with van der Waals surface area (Å²) in [7, 11) is 3.63. The number of rotatable bonds is 7. The van der Waals surface area contributed by atoms with Crippen LogP contribution in [0.15, 0.2) is 18.2 Å². The minimum Gasteiger partial charge on any atom is -0.494 e. The molecular formula is C15H23N3O2. The maximum absolute atomic E-state index is 11.9. The van der Waals surface area contributed by atoms with Crippen molar-refractivity contribution in [1.82, 2.24) is 4.90 Å². The molecule has 1 aliphatic carbocycles. The Morgan fingerprint density at radius 2 is 2.25 bits per heavy atom. The van der Waals surface area contributed by atoms with Crippen molar-refractivity contribution >= 4 is 17.3 Å². The van der Waals surface area contributed by atoms with E-state index in [4.69, 9.17) is 10.5 Å². The van der Waals surface area contributed by atoms with Gasteiger partial charge in [-0.05, 0) is 37.9 Å². The van der Waals surface area contributed by atoms with Gasteiger partial charge in [-0.1, -0.05) is 0 Å². The van der Waals surface area contributed by atoms with Crippen molar-refractivity contribution in [3.05, 3.63) is 18.2 Å². The number of anilines is 2. The van der Waals surface area contributed by atoms with E-state index in [-0.39, 0.29) is 5.91 Å². The molecule has 1 amide bonds. The third kappa shape index (κ3) is 4.42. The number of hydrogen-bond donors (Lipinski definition) is 2. The van der Waals surface area contributed by atoms with Gasteiger partial charge in [0.2, 0.25) is 5.91 Å². The summed E-state index contributed by atoms with van der Waals surface area (Å²) < 4.78 is 5.21. The van der Waals surface area contributed by atoms with E-state index in [1.54, 1.807) is 25.3 Å². The van der Waals surface area contributed by atoms with Gasteiger partial charge in [-0.3, -0.25) is 4.79 Å². The van der Waals surface area contributed by atoms with Crippen LogP contribution in [0, 0.1) is 5.92 Å². The molecule has 0 radical (unpaired) electrons. The molecule has 1 aromatic rings. The maximum atomic E-state index is 11.9. The molecular weight excluding hydrogens is 254 g/mol. The first kappa shape index (κ1) is 14.7. The fourth-order valence-electron chi connectivity index (χ4n) is 2.15. The molecule has 0 bridgehead atoms. The molecule has 5 heteroatoms. The predicted octanol–water partition coefficient (Wildman–Crippen LogP) is 1.95. The van der Waals surface area contributed by atoms with Gasteiger partial charge >= 0.3 is 0 Å². The van der Waals surface area contributed by atoms with Gasteiger partial charge in [0, 0.05) is 31.3 Å². The van der Waals surface area contributed by atoms with E-state index in [9.17, 15) is 4.79 Å². The number of methoxy groups -OCH3 is 1. The van der Waals surface area contributed by atoms with Crippen molar-refractivity contribution in [2.45, 2.75) is 19.3 Å². The highest BCUT2D eigenvalue weighted by molar-refractivity contribution is 5.92. The summed E-state index contributed by atoms with van der Waals surface area (Å²) in [6, 6.07) is 5.21. The van der Waals surface area contributed by atoms with Crippen LogP contribution in [0.2, 0.25) is 0 Å². The van der Waals surface area contributed by atoms with Gasteiger partial charge < -0.3 is 20.7 Å². The van der Waals surface area contributed by atoms with Gasteiger partial charge in [0.25, 0.3) is 0 Å². The molecule has 110 valence electrons. The van der Waals surface area contributed by atoms with Crippen LogP contribution in [-0.4, -0.2) is 38.1 Å². The van der Waals surface area contributed by atoms with E-state index in [1.165, 1.54) is 12.8 Å². The minimum atomic E-state index is -0.00396. The van der Waals surface area contributed by atoms with Gasteiger partial charge in [0.1, 0.15) is 5.75 Å². The molecule has 1 aromatic carbocycles. The topological polar surface area (TPSA) is 67.6 Å². The Morgan fingerprint density at radius 1 is 1.50 bits per heavy atom. The summed E-state index contributed by atoms with van der Waals surface area (Å²) in [5, 5.41) is 2.87. The molecule has 2 rings (SSSR count). The molecule has 0 aliphatic heterocycles. The second-order valence-corrected chi connectivity index (χ2v) is 5.46. The quantitative estimate of drug-likeness (QED) is 0.748. The summed E-state index contributed by atoms with van der Waals surface area (Å²) in [6.45, 7) is 1.87. The largest absolute Gasteiger partial charge is 0.494 e. The van der Waals surface area contributed by atoms with E-state index in [0.717, 1.165) is 19.0 Å². The van der Waals surface area contributed by atoms with Crippen LogP contribution < -0.4 is 15.8 Å². The van der Waals surface area contributed by atoms with Crippen LogP contribution in [0.1, 0.15) is 19.3 Å². The van der Waals surface area contributed by atoms with Gasteiger partial charge in [-0.15, -0.1) is 0 Å². The minimum absolute atomic E-state index is 0.00396. The van der Waals surface area contributed by atoms with Crippen LogP contribution >= 0.6 is 0 Å². The highest BCUT2D eigenvalue weighted by Gasteiger charge is 2.22. The molecule has 0 aromatic heterocycles. The second kappa shape index (κ2) is 6.61. The van der Waals surface area contributed by atoms with Gasteiger partial charge in [0.15, 0.2) is 0 Å².